The van der Waals surface area contributed by atoms with E-state index in [0.717, 1.165) is 43.5 Å². The third-order valence-electron chi connectivity index (χ3n) is 5.10. The summed E-state index contributed by atoms with van der Waals surface area (Å²) in [5.74, 6) is 0. The van der Waals surface area contributed by atoms with Gasteiger partial charge in [-0.3, -0.25) is 0 Å². The van der Waals surface area contributed by atoms with Crippen molar-refractivity contribution in [3.8, 4) is 11.1 Å². The molecule has 0 aliphatic carbocycles. The van der Waals surface area contributed by atoms with Crippen LogP contribution in [0.1, 0.15) is 19.3 Å². The zero-order chi connectivity index (χ0) is 16.6. The minimum Gasteiger partial charge on any atom is -0.315 e. The number of hydrogen-bond acceptors (Lipinski definition) is 3. The maximum atomic E-state index is 13.3. The van der Waals surface area contributed by atoms with Crippen molar-refractivity contribution >= 4 is 10.0 Å². The summed E-state index contributed by atoms with van der Waals surface area (Å²) in [6, 6.07) is 17.5. The molecule has 0 radical (unpaired) electrons. The van der Waals surface area contributed by atoms with Crippen LogP contribution >= 0.6 is 0 Å². The topological polar surface area (TPSA) is 49.4 Å². The van der Waals surface area contributed by atoms with Gasteiger partial charge in [0.2, 0.25) is 10.0 Å². The molecule has 1 N–H and O–H groups in total. The molecule has 2 atom stereocenters. The monoisotopic (exact) mass is 342 g/mol. The van der Waals surface area contributed by atoms with Crippen LogP contribution in [0.3, 0.4) is 0 Å². The van der Waals surface area contributed by atoms with E-state index in [2.05, 4.69) is 5.32 Å². The number of hydrogen-bond donors (Lipinski definition) is 1. The van der Waals surface area contributed by atoms with Gasteiger partial charge in [0.25, 0.3) is 0 Å². The molecule has 2 aliphatic heterocycles. The number of sulfonamides is 1. The highest BCUT2D eigenvalue weighted by atomic mass is 32.2. The van der Waals surface area contributed by atoms with E-state index in [1.165, 1.54) is 0 Å². The summed E-state index contributed by atoms with van der Waals surface area (Å²) >= 11 is 0. The lowest BCUT2D eigenvalue weighted by molar-refractivity contribution is 0.334. The highest BCUT2D eigenvalue weighted by Gasteiger charge is 2.42. The normalized spacial score (nSPS) is 24.7. The number of nitrogens with zero attached hydrogens (tertiary/aromatic N) is 1. The lowest BCUT2D eigenvalue weighted by atomic mass is 10.1. The zero-order valence-electron chi connectivity index (χ0n) is 13.6. The van der Waals surface area contributed by atoms with Gasteiger partial charge in [-0.1, -0.05) is 42.5 Å². The van der Waals surface area contributed by atoms with Crippen molar-refractivity contribution in [2.45, 2.75) is 36.2 Å². The van der Waals surface area contributed by atoms with Gasteiger partial charge in [0.1, 0.15) is 0 Å². The lowest BCUT2D eigenvalue weighted by Gasteiger charge is -2.27. The van der Waals surface area contributed by atoms with Crippen LogP contribution in [0.15, 0.2) is 59.5 Å². The molecular formula is C19H22N2O2S. The fraction of sp³-hybridized carbons (Fsp3) is 0.368. The van der Waals surface area contributed by atoms with E-state index in [1.54, 1.807) is 10.4 Å². The van der Waals surface area contributed by atoms with Gasteiger partial charge in [-0.05, 0) is 49.1 Å². The first-order chi connectivity index (χ1) is 11.7. The van der Waals surface area contributed by atoms with E-state index in [1.807, 2.05) is 48.5 Å². The lowest BCUT2D eigenvalue weighted by Crippen LogP contribution is -2.42. The minimum atomic E-state index is -3.46. The molecule has 0 amide bonds. The Morgan fingerprint density at radius 1 is 0.875 bits per heavy atom. The van der Waals surface area contributed by atoms with Crippen molar-refractivity contribution in [3.05, 3.63) is 54.6 Å². The summed E-state index contributed by atoms with van der Waals surface area (Å²) in [7, 11) is -3.46. The second-order valence-electron chi connectivity index (χ2n) is 6.61. The molecule has 2 aliphatic rings. The Morgan fingerprint density at radius 2 is 1.62 bits per heavy atom. The van der Waals surface area contributed by atoms with Crippen LogP contribution in [0.25, 0.3) is 11.1 Å². The summed E-state index contributed by atoms with van der Waals surface area (Å²) in [6.45, 7) is 1.66. The van der Waals surface area contributed by atoms with E-state index in [4.69, 9.17) is 0 Å². The van der Waals surface area contributed by atoms with Crippen LogP contribution in [-0.4, -0.2) is 37.9 Å². The molecule has 4 rings (SSSR count). The Bertz CT molecular complexity index is 806. The van der Waals surface area contributed by atoms with Crippen LogP contribution < -0.4 is 5.32 Å². The van der Waals surface area contributed by atoms with E-state index in [0.29, 0.717) is 4.90 Å². The maximum absolute atomic E-state index is 13.3. The molecule has 0 spiro atoms. The van der Waals surface area contributed by atoms with E-state index < -0.39 is 10.0 Å². The van der Waals surface area contributed by atoms with Crippen LogP contribution in [0, 0.1) is 0 Å². The molecule has 2 bridgehead atoms. The second-order valence-corrected chi connectivity index (χ2v) is 8.45. The maximum Gasteiger partial charge on any atom is 0.243 e. The van der Waals surface area contributed by atoms with Crippen molar-refractivity contribution in [2.24, 2.45) is 0 Å². The molecule has 2 saturated heterocycles. The molecule has 24 heavy (non-hydrogen) atoms. The Balaban J connectivity index is 1.73. The first kappa shape index (κ1) is 15.8. The fourth-order valence-corrected chi connectivity index (χ4v) is 5.86. The van der Waals surface area contributed by atoms with Gasteiger partial charge < -0.3 is 5.32 Å². The zero-order valence-corrected chi connectivity index (χ0v) is 14.4. The van der Waals surface area contributed by atoms with Crippen molar-refractivity contribution < 1.29 is 8.42 Å². The van der Waals surface area contributed by atoms with Gasteiger partial charge >= 0.3 is 0 Å². The largest absolute Gasteiger partial charge is 0.315 e. The Kier molecular flexibility index (Phi) is 4.16. The van der Waals surface area contributed by atoms with Crippen LogP contribution in [0.2, 0.25) is 0 Å². The van der Waals surface area contributed by atoms with Gasteiger partial charge in [0.15, 0.2) is 0 Å². The molecule has 4 nitrogen and oxygen atoms in total. The van der Waals surface area contributed by atoms with E-state index >= 15 is 0 Å². The molecule has 126 valence electrons. The minimum absolute atomic E-state index is 0.0860. The third-order valence-corrected chi connectivity index (χ3v) is 7.10. The van der Waals surface area contributed by atoms with Gasteiger partial charge in [0, 0.05) is 18.6 Å². The first-order valence-corrected chi connectivity index (χ1v) is 10.00. The van der Waals surface area contributed by atoms with Crippen molar-refractivity contribution in [1.29, 1.82) is 0 Å². The SMILES string of the molecule is O=S(=O)(c1cccc(-c2ccccc2)c1)N1C2CCNCC1CC2. The summed E-state index contributed by atoms with van der Waals surface area (Å²) < 4.78 is 28.3. The van der Waals surface area contributed by atoms with Crippen LogP contribution in [-0.2, 0) is 10.0 Å². The number of nitrogens with one attached hydrogen (secondary N) is 1. The molecular weight excluding hydrogens is 320 g/mol. The predicted molar refractivity (Wildman–Crippen MR) is 95.2 cm³/mol. The molecule has 2 unspecified atom stereocenters. The Morgan fingerprint density at radius 3 is 2.46 bits per heavy atom. The van der Waals surface area contributed by atoms with Crippen molar-refractivity contribution in [3.63, 3.8) is 0 Å². The molecule has 2 heterocycles. The van der Waals surface area contributed by atoms with Gasteiger partial charge in [-0.2, -0.15) is 4.31 Å². The van der Waals surface area contributed by atoms with Crippen LogP contribution in [0.4, 0.5) is 0 Å². The average molecular weight is 342 g/mol. The Hall–Kier alpha value is -1.69. The molecule has 0 aromatic heterocycles. The highest BCUT2D eigenvalue weighted by molar-refractivity contribution is 7.89. The van der Waals surface area contributed by atoms with E-state index in [-0.39, 0.29) is 12.1 Å². The summed E-state index contributed by atoms with van der Waals surface area (Å²) in [4.78, 5) is 0.405. The van der Waals surface area contributed by atoms with Gasteiger partial charge in [-0.15, -0.1) is 0 Å². The first-order valence-electron chi connectivity index (χ1n) is 8.56. The quantitative estimate of drug-likeness (QED) is 0.933. The summed E-state index contributed by atoms with van der Waals surface area (Å²) in [5, 5.41) is 3.36. The van der Waals surface area contributed by atoms with E-state index in [9.17, 15) is 8.42 Å². The van der Waals surface area contributed by atoms with Crippen molar-refractivity contribution in [1.82, 2.24) is 9.62 Å². The molecule has 2 aromatic carbocycles. The standard InChI is InChI=1S/C19H22N2O2S/c22-24(23,21-17-9-10-18(21)14-20-12-11-17)19-8-4-7-16(13-19)15-5-2-1-3-6-15/h1-8,13,17-18,20H,9-12,14H2. The molecule has 5 heteroatoms. The third kappa shape index (κ3) is 2.77. The summed E-state index contributed by atoms with van der Waals surface area (Å²) in [5.41, 5.74) is 1.98. The second kappa shape index (κ2) is 6.31. The summed E-state index contributed by atoms with van der Waals surface area (Å²) in [6.07, 6.45) is 2.83. The molecule has 2 aromatic rings. The molecule has 2 fully saturated rings. The molecule has 0 saturated carbocycles. The predicted octanol–water partition coefficient (Wildman–Crippen LogP) is 2.87. The Labute approximate surface area is 143 Å². The number of fused-ring (bicyclic) bond motifs is 2. The average Bonchev–Trinajstić information content (AvgIpc) is 2.89. The smallest absolute Gasteiger partial charge is 0.243 e. The highest BCUT2D eigenvalue weighted by Crippen LogP contribution is 2.34. The number of benzene rings is 2. The van der Waals surface area contributed by atoms with Crippen LogP contribution in [0.5, 0.6) is 0 Å². The van der Waals surface area contributed by atoms with Crippen molar-refractivity contribution in [2.75, 3.05) is 13.1 Å². The van der Waals surface area contributed by atoms with Gasteiger partial charge in [-0.25, -0.2) is 8.42 Å². The number of rotatable bonds is 3. The fourth-order valence-electron chi connectivity index (χ4n) is 3.92. The van der Waals surface area contributed by atoms with Gasteiger partial charge in [0.05, 0.1) is 4.90 Å².